The Morgan fingerprint density at radius 2 is 1.81 bits per heavy atom. The summed E-state index contributed by atoms with van der Waals surface area (Å²) in [5.41, 5.74) is 1.69. The number of methoxy groups -OCH3 is 1. The Morgan fingerprint density at radius 3 is 2.50 bits per heavy atom. The van der Waals surface area contributed by atoms with Crippen molar-refractivity contribution in [3.8, 4) is 17.2 Å². The lowest BCUT2D eigenvalue weighted by atomic mass is 9.82. The Morgan fingerprint density at radius 1 is 1.08 bits per heavy atom. The number of hydrogen-bond donors (Lipinski definition) is 0. The molecule has 2 heterocycles. The van der Waals surface area contributed by atoms with Crippen molar-refractivity contribution in [3.05, 3.63) is 53.1 Å². The molecule has 0 aliphatic carbocycles. The molecule has 2 aliphatic heterocycles. The largest absolute Gasteiger partial charge is 0.497 e. The van der Waals surface area contributed by atoms with Crippen LogP contribution in [0.25, 0.3) is 0 Å². The van der Waals surface area contributed by atoms with E-state index in [9.17, 15) is 9.59 Å². The smallest absolute Gasteiger partial charge is 0.312 e. The van der Waals surface area contributed by atoms with Crippen LogP contribution in [0.5, 0.6) is 17.2 Å². The first-order valence-electron chi connectivity index (χ1n) is 8.62. The molecule has 2 aromatic rings. The Kier molecular flexibility index (Phi) is 3.75. The van der Waals surface area contributed by atoms with Crippen molar-refractivity contribution in [1.29, 1.82) is 0 Å². The van der Waals surface area contributed by atoms with E-state index in [0.717, 1.165) is 16.9 Å². The quantitative estimate of drug-likeness (QED) is 0.606. The lowest BCUT2D eigenvalue weighted by Crippen LogP contribution is -2.37. The Bertz CT molecular complexity index is 895. The summed E-state index contributed by atoms with van der Waals surface area (Å²) in [5.74, 6) is 1.27. The zero-order valence-electron chi connectivity index (χ0n) is 15.0. The molecule has 5 heteroatoms. The first kappa shape index (κ1) is 16.6. The van der Waals surface area contributed by atoms with Crippen LogP contribution < -0.4 is 14.2 Å². The Hall–Kier alpha value is -2.82. The van der Waals surface area contributed by atoms with Crippen molar-refractivity contribution < 1.29 is 23.8 Å². The summed E-state index contributed by atoms with van der Waals surface area (Å²) < 4.78 is 16.8. The summed E-state index contributed by atoms with van der Waals surface area (Å²) in [7, 11) is 1.61. The van der Waals surface area contributed by atoms with Gasteiger partial charge in [0.05, 0.1) is 25.5 Å². The molecule has 0 bridgehead atoms. The topological polar surface area (TPSA) is 61.8 Å². The number of Topliss-reactive ketones (excluding diaryl/α,β-unsaturated/α-hetero) is 1. The van der Waals surface area contributed by atoms with E-state index in [1.807, 2.05) is 38.1 Å². The molecule has 2 aromatic carbocycles. The molecule has 0 amide bonds. The molecule has 134 valence electrons. The number of fused-ring (bicyclic) bond motifs is 3. The van der Waals surface area contributed by atoms with Crippen LogP contribution in [0.15, 0.2) is 36.4 Å². The van der Waals surface area contributed by atoms with E-state index in [0.29, 0.717) is 23.5 Å². The molecule has 0 fully saturated rings. The van der Waals surface area contributed by atoms with Crippen LogP contribution in [0.1, 0.15) is 54.1 Å². The summed E-state index contributed by atoms with van der Waals surface area (Å²) in [6.45, 7) is 3.79. The van der Waals surface area contributed by atoms with Crippen LogP contribution in [0.4, 0.5) is 0 Å². The van der Waals surface area contributed by atoms with E-state index in [2.05, 4.69) is 0 Å². The molecule has 0 saturated heterocycles. The van der Waals surface area contributed by atoms with Gasteiger partial charge >= 0.3 is 5.97 Å². The Balaban J connectivity index is 1.88. The summed E-state index contributed by atoms with van der Waals surface area (Å²) in [6, 6.07) is 11.0. The number of benzene rings is 2. The highest BCUT2D eigenvalue weighted by atomic mass is 16.5. The maximum atomic E-state index is 12.6. The number of carbonyl (C=O) groups excluding carboxylic acids is 2. The van der Waals surface area contributed by atoms with Crippen LogP contribution in [0.3, 0.4) is 0 Å². The van der Waals surface area contributed by atoms with Crippen LogP contribution in [0.2, 0.25) is 0 Å². The molecule has 0 spiro atoms. The van der Waals surface area contributed by atoms with Gasteiger partial charge in [-0.25, -0.2) is 0 Å². The SMILES string of the molecule is COc1ccc([C@H]2CC(=O)Oc3ccc4c(c32)OC(C)(C)CC4=O)cc1. The van der Waals surface area contributed by atoms with Crippen LogP contribution in [-0.2, 0) is 4.79 Å². The molecule has 0 unspecified atom stereocenters. The maximum absolute atomic E-state index is 12.6. The molecule has 0 N–H and O–H groups in total. The molecular weight excluding hydrogens is 332 g/mol. The number of esters is 1. The third kappa shape index (κ3) is 2.73. The van der Waals surface area contributed by atoms with Gasteiger partial charge in [0.15, 0.2) is 5.78 Å². The molecule has 0 radical (unpaired) electrons. The van der Waals surface area contributed by atoms with Crippen LogP contribution in [0, 0.1) is 0 Å². The van der Waals surface area contributed by atoms with Crippen molar-refractivity contribution in [2.75, 3.05) is 7.11 Å². The van der Waals surface area contributed by atoms with E-state index < -0.39 is 5.60 Å². The second kappa shape index (κ2) is 5.87. The zero-order valence-corrected chi connectivity index (χ0v) is 15.0. The first-order valence-corrected chi connectivity index (χ1v) is 8.62. The number of hydrogen-bond acceptors (Lipinski definition) is 5. The van der Waals surface area contributed by atoms with Gasteiger partial charge in [0.25, 0.3) is 0 Å². The average Bonchev–Trinajstić information content (AvgIpc) is 2.59. The van der Waals surface area contributed by atoms with Gasteiger partial charge in [0.1, 0.15) is 22.8 Å². The first-order chi connectivity index (χ1) is 12.4. The van der Waals surface area contributed by atoms with Crippen molar-refractivity contribution >= 4 is 11.8 Å². The van der Waals surface area contributed by atoms with Crippen LogP contribution in [-0.4, -0.2) is 24.5 Å². The predicted molar refractivity (Wildman–Crippen MR) is 95.2 cm³/mol. The summed E-state index contributed by atoms with van der Waals surface area (Å²) >= 11 is 0. The third-order valence-electron chi connectivity index (χ3n) is 4.88. The minimum atomic E-state index is -0.592. The van der Waals surface area contributed by atoms with Gasteiger partial charge < -0.3 is 14.2 Å². The molecule has 1 atom stereocenters. The molecular formula is C21H20O5. The van der Waals surface area contributed by atoms with Crippen molar-refractivity contribution in [2.45, 2.75) is 38.2 Å². The number of carbonyl (C=O) groups is 2. The highest BCUT2D eigenvalue weighted by molar-refractivity contribution is 6.01. The van der Waals surface area contributed by atoms with Crippen molar-refractivity contribution in [2.24, 2.45) is 0 Å². The van der Waals surface area contributed by atoms with E-state index >= 15 is 0 Å². The predicted octanol–water partition coefficient (Wildman–Crippen LogP) is 3.88. The fourth-order valence-electron chi connectivity index (χ4n) is 3.68. The third-order valence-corrected chi connectivity index (χ3v) is 4.88. The molecule has 0 saturated carbocycles. The summed E-state index contributed by atoms with van der Waals surface area (Å²) in [5, 5.41) is 0. The van der Waals surface area contributed by atoms with E-state index in [1.54, 1.807) is 19.2 Å². The van der Waals surface area contributed by atoms with E-state index in [4.69, 9.17) is 14.2 Å². The Labute approximate surface area is 151 Å². The molecule has 4 rings (SSSR count). The molecule has 2 aliphatic rings. The lowest BCUT2D eigenvalue weighted by molar-refractivity contribution is -0.135. The normalized spacial score (nSPS) is 20.5. The standard InChI is InChI=1S/C21H20O5/c1-21(2)11-16(22)14-8-9-17-19(20(14)26-21)15(10-18(23)25-17)12-4-6-13(24-3)7-5-12/h4-9,15H,10-11H2,1-3H3/t15-/m1/s1. The number of rotatable bonds is 2. The van der Waals surface area contributed by atoms with Gasteiger partial charge in [-0.1, -0.05) is 12.1 Å². The number of ether oxygens (including phenoxy) is 3. The molecule has 26 heavy (non-hydrogen) atoms. The van der Waals surface area contributed by atoms with E-state index in [-0.39, 0.29) is 24.1 Å². The van der Waals surface area contributed by atoms with Gasteiger partial charge in [0, 0.05) is 11.5 Å². The van der Waals surface area contributed by atoms with Gasteiger partial charge in [-0.2, -0.15) is 0 Å². The second-order valence-electron chi connectivity index (χ2n) is 7.32. The van der Waals surface area contributed by atoms with Gasteiger partial charge in [-0.3, -0.25) is 9.59 Å². The van der Waals surface area contributed by atoms with Crippen molar-refractivity contribution in [3.63, 3.8) is 0 Å². The molecule has 0 aromatic heterocycles. The summed E-state index contributed by atoms with van der Waals surface area (Å²) in [4.78, 5) is 24.7. The van der Waals surface area contributed by atoms with E-state index in [1.165, 1.54) is 0 Å². The lowest BCUT2D eigenvalue weighted by Gasteiger charge is -2.36. The van der Waals surface area contributed by atoms with Gasteiger partial charge in [-0.05, 0) is 43.7 Å². The van der Waals surface area contributed by atoms with Gasteiger partial charge in [-0.15, -0.1) is 0 Å². The minimum absolute atomic E-state index is 0.0458. The summed E-state index contributed by atoms with van der Waals surface area (Å²) in [6.07, 6.45) is 0.527. The van der Waals surface area contributed by atoms with Crippen LogP contribution >= 0.6 is 0 Å². The fourth-order valence-corrected chi connectivity index (χ4v) is 3.68. The highest BCUT2D eigenvalue weighted by Gasteiger charge is 2.39. The second-order valence-corrected chi connectivity index (χ2v) is 7.32. The van der Waals surface area contributed by atoms with Gasteiger partial charge in [0.2, 0.25) is 0 Å². The minimum Gasteiger partial charge on any atom is -0.497 e. The fraction of sp³-hybridized carbons (Fsp3) is 0.333. The number of ketones is 1. The zero-order chi connectivity index (χ0) is 18.5. The monoisotopic (exact) mass is 352 g/mol. The average molecular weight is 352 g/mol. The van der Waals surface area contributed by atoms with Crippen molar-refractivity contribution in [1.82, 2.24) is 0 Å². The maximum Gasteiger partial charge on any atom is 0.312 e. The molecule has 5 nitrogen and oxygen atoms in total. The highest BCUT2D eigenvalue weighted by Crippen LogP contribution is 2.48.